The smallest absolute Gasteiger partial charge is 0.155 e. The predicted octanol–water partition coefficient (Wildman–Crippen LogP) is 2.86. The van der Waals surface area contributed by atoms with Gasteiger partial charge in [-0.05, 0) is 38.1 Å². The summed E-state index contributed by atoms with van der Waals surface area (Å²) in [5, 5.41) is 0. The summed E-state index contributed by atoms with van der Waals surface area (Å²) in [6, 6.07) is 0.948. The Morgan fingerprint density at radius 3 is 2.44 bits per heavy atom. The molecule has 0 amide bonds. The first-order valence-electron chi connectivity index (χ1n) is 6.81. The van der Waals surface area contributed by atoms with Gasteiger partial charge in [0.05, 0.1) is 6.04 Å². The van der Waals surface area contributed by atoms with E-state index in [4.69, 9.17) is 0 Å². The van der Waals surface area contributed by atoms with Crippen LogP contribution in [-0.2, 0) is 4.79 Å². The number of ketones is 1. The Hall–Kier alpha value is -0.370. The third-order valence-corrected chi connectivity index (χ3v) is 4.95. The molecular formula is C14H25NO. The van der Waals surface area contributed by atoms with Crippen molar-refractivity contribution in [3.05, 3.63) is 0 Å². The second-order valence-electron chi connectivity index (χ2n) is 6.09. The molecule has 2 rings (SSSR count). The van der Waals surface area contributed by atoms with Crippen molar-refractivity contribution in [3.8, 4) is 0 Å². The van der Waals surface area contributed by atoms with Crippen LogP contribution in [0.15, 0.2) is 0 Å². The van der Waals surface area contributed by atoms with Gasteiger partial charge in [-0.25, -0.2) is 0 Å². The van der Waals surface area contributed by atoms with E-state index < -0.39 is 0 Å². The van der Waals surface area contributed by atoms with Gasteiger partial charge in [0.1, 0.15) is 0 Å². The van der Waals surface area contributed by atoms with Gasteiger partial charge in [-0.15, -0.1) is 0 Å². The van der Waals surface area contributed by atoms with Crippen molar-refractivity contribution >= 4 is 5.78 Å². The number of carbonyl (C=O) groups excluding carboxylic acids is 1. The SMILES string of the molecule is CCN1C(C(=O)C(C)(C)CC)CC2CCC21. The van der Waals surface area contributed by atoms with E-state index in [-0.39, 0.29) is 11.5 Å². The molecule has 2 fully saturated rings. The molecule has 1 aliphatic heterocycles. The molecule has 1 saturated heterocycles. The molecule has 0 aromatic carbocycles. The Labute approximate surface area is 99.4 Å². The number of likely N-dealkylation sites (N-methyl/N-ethyl adjacent to an activating group) is 1. The van der Waals surface area contributed by atoms with Crippen LogP contribution < -0.4 is 0 Å². The van der Waals surface area contributed by atoms with Gasteiger partial charge < -0.3 is 0 Å². The lowest BCUT2D eigenvalue weighted by Crippen LogP contribution is -2.47. The zero-order valence-corrected chi connectivity index (χ0v) is 11.1. The number of nitrogens with zero attached hydrogens (tertiary/aromatic N) is 1. The van der Waals surface area contributed by atoms with Crippen LogP contribution >= 0.6 is 0 Å². The Morgan fingerprint density at radius 2 is 2.00 bits per heavy atom. The minimum absolute atomic E-state index is 0.137. The fourth-order valence-corrected chi connectivity index (χ4v) is 3.25. The average Bonchev–Trinajstić information content (AvgIpc) is 2.49. The lowest BCUT2D eigenvalue weighted by atomic mass is 9.77. The molecule has 0 radical (unpaired) electrons. The molecule has 2 aliphatic rings. The van der Waals surface area contributed by atoms with Crippen molar-refractivity contribution in [2.75, 3.05) is 6.54 Å². The number of carbonyl (C=O) groups is 1. The molecule has 3 atom stereocenters. The summed E-state index contributed by atoms with van der Waals surface area (Å²) < 4.78 is 0. The maximum Gasteiger partial charge on any atom is 0.155 e. The molecule has 3 unspecified atom stereocenters. The first-order chi connectivity index (χ1) is 7.51. The van der Waals surface area contributed by atoms with Crippen molar-refractivity contribution < 1.29 is 4.79 Å². The molecular weight excluding hydrogens is 198 g/mol. The summed E-state index contributed by atoms with van der Waals surface area (Å²) in [6.07, 6.45) is 4.74. The Balaban J connectivity index is 2.12. The van der Waals surface area contributed by atoms with Crippen LogP contribution in [0.5, 0.6) is 0 Å². The maximum atomic E-state index is 12.5. The number of hydrogen-bond donors (Lipinski definition) is 0. The van der Waals surface area contributed by atoms with E-state index >= 15 is 0 Å². The molecule has 2 nitrogen and oxygen atoms in total. The van der Waals surface area contributed by atoms with E-state index in [0.717, 1.165) is 31.3 Å². The highest BCUT2D eigenvalue weighted by Gasteiger charge is 2.49. The zero-order chi connectivity index (χ0) is 11.9. The summed E-state index contributed by atoms with van der Waals surface area (Å²) in [5.41, 5.74) is -0.137. The van der Waals surface area contributed by atoms with Crippen molar-refractivity contribution in [1.29, 1.82) is 0 Å². The highest BCUT2D eigenvalue weighted by atomic mass is 16.1. The summed E-state index contributed by atoms with van der Waals surface area (Å²) in [7, 11) is 0. The van der Waals surface area contributed by atoms with Gasteiger partial charge in [0.15, 0.2) is 5.78 Å². The molecule has 0 aromatic heterocycles. The Bertz CT molecular complexity index is 284. The Morgan fingerprint density at radius 1 is 1.31 bits per heavy atom. The van der Waals surface area contributed by atoms with E-state index in [1.165, 1.54) is 12.8 Å². The third-order valence-electron chi connectivity index (χ3n) is 4.95. The van der Waals surface area contributed by atoms with Gasteiger partial charge in [-0.1, -0.05) is 27.7 Å². The number of fused-ring (bicyclic) bond motifs is 1. The van der Waals surface area contributed by atoms with E-state index in [1.54, 1.807) is 0 Å². The van der Waals surface area contributed by atoms with Gasteiger partial charge in [-0.2, -0.15) is 0 Å². The fourth-order valence-electron chi connectivity index (χ4n) is 3.25. The van der Waals surface area contributed by atoms with Crippen LogP contribution in [0.25, 0.3) is 0 Å². The highest BCUT2D eigenvalue weighted by Crippen LogP contribution is 2.45. The summed E-state index contributed by atoms with van der Waals surface area (Å²) in [6.45, 7) is 9.56. The average molecular weight is 223 g/mol. The summed E-state index contributed by atoms with van der Waals surface area (Å²) in [5.74, 6) is 1.30. The van der Waals surface area contributed by atoms with E-state index in [1.807, 2.05) is 0 Å². The second kappa shape index (κ2) is 4.14. The normalized spacial score (nSPS) is 34.6. The van der Waals surface area contributed by atoms with Crippen molar-refractivity contribution in [3.63, 3.8) is 0 Å². The van der Waals surface area contributed by atoms with Crippen LogP contribution in [0.4, 0.5) is 0 Å². The van der Waals surface area contributed by atoms with Crippen LogP contribution in [0.1, 0.15) is 53.4 Å². The van der Waals surface area contributed by atoms with E-state index in [9.17, 15) is 4.79 Å². The molecule has 92 valence electrons. The molecule has 16 heavy (non-hydrogen) atoms. The lowest BCUT2D eigenvalue weighted by Gasteiger charge is -2.37. The largest absolute Gasteiger partial charge is 0.297 e. The molecule has 1 aliphatic carbocycles. The number of rotatable bonds is 4. The zero-order valence-electron chi connectivity index (χ0n) is 11.1. The second-order valence-corrected chi connectivity index (χ2v) is 6.09. The molecule has 0 spiro atoms. The first-order valence-corrected chi connectivity index (χ1v) is 6.81. The lowest BCUT2D eigenvalue weighted by molar-refractivity contribution is -0.132. The standard InChI is InChI=1S/C14H25NO/c1-5-14(3,4)13(16)12-9-10-7-8-11(10)15(12)6-2/h10-12H,5-9H2,1-4H3. The maximum absolute atomic E-state index is 12.5. The van der Waals surface area contributed by atoms with Gasteiger partial charge in [0.25, 0.3) is 0 Å². The molecule has 0 bridgehead atoms. The number of Topliss-reactive ketones (excluding diaryl/α,β-unsaturated/α-hetero) is 1. The number of hydrogen-bond acceptors (Lipinski definition) is 2. The van der Waals surface area contributed by atoms with Crippen LogP contribution in [0, 0.1) is 11.3 Å². The summed E-state index contributed by atoms with van der Waals surface area (Å²) in [4.78, 5) is 15.0. The molecule has 1 saturated carbocycles. The fraction of sp³-hybridized carbons (Fsp3) is 0.929. The van der Waals surface area contributed by atoms with Crippen LogP contribution in [0.2, 0.25) is 0 Å². The van der Waals surface area contributed by atoms with Crippen molar-refractivity contribution in [2.45, 2.75) is 65.5 Å². The van der Waals surface area contributed by atoms with Gasteiger partial charge >= 0.3 is 0 Å². The Kier molecular flexibility index (Phi) is 3.13. The van der Waals surface area contributed by atoms with Gasteiger partial charge in [0, 0.05) is 11.5 Å². The van der Waals surface area contributed by atoms with Crippen molar-refractivity contribution in [1.82, 2.24) is 4.90 Å². The molecule has 1 heterocycles. The highest BCUT2D eigenvalue weighted by molar-refractivity contribution is 5.89. The van der Waals surface area contributed by atoms with Gasteiger partial charge in [0.2, 0.25) is 0 Å². The van der Waals surface area contributed by atoms with Crippen LogP contribution in [0.3, 0.4) is 0 Å². The van der Waals surface area contributed by atoms with E-state index in [0.29, 0.717) is 5.78 Å². The molecule has 2 heteroatoms. The molecule has 0 aromatic rings. The monoisotopic (exact) mass is 223 g/mol. The minimum Gasteiger partial charge on any atom is -0.297 e. The first kappa shape index (κ1) is 12.1. The van der Waals surface area contributed by atoms with Crippen molar-refractivity contribution in [2.24, 2.45) is 11.3 Å². The predicted molar refractivity (Wildman–Crippen MR) is 66.4 cm³/mol. The van der Waals surface area contributed by atoms with Gasteiger partial charge in [-0.3, -0.25) is 9.69 Å². The summed E-state index contributed by atoms with van der Waals surface area (Å²) >= 11 is 0. The third kappa shape index (κ3) is 1.71. The van der Waals surface area contributed by atoms with E-state index in [2.05, 4.69) is 32.6 Å². The minimum atomic E-state index is -0.137. The van der Waals surface area contributed by atoms with Crippen LogP contribution in [-0.4, -0.2) is 29.3 Å². The topological polar surface area (TPSA) is 20.3 Å². The molecule has 0 N–H and O–H groups in total. The number of likely N-dealkylation sites (tertiary alicyclic amines) is 1. The quantitative estimate of drug-likeness (QED) is 0.730.